The normalized spacial score (nSPS) is 10.3. The van der Waals surface area contributed by atoms with Gasteiger partial charge in [-0.05, 0) is 37.6 Å². The van der Waals surface area contributed by atoms with Crippen LogP contribution in [0.4, 0.5) is 0 Å². The molecule has 0 radical (unpaired) electrons. The Morgan fingerprint density at radius 1 is 1.10 bits per heavy atom. The van der Waals surface area contributed by atoms with Crippen molar-refractivity contribution >= 4 is 17.1 Å². The van der Waals surface area contributed by atoms with E-state index in [1.807, 2.05) is 50.2 Å². The first-order valence-corrected chi connectivity index (χ1v) is 7.46. The van der Waals surface area contributed by atoms with Crippen molar-refractivity contribution < 1.29 is 14.3 Å². The molecule has 0 saturated heterocycles. The third-order valence-corrected chi connectivity index (χ3v) is 3.73. The number of benzene rings is 1. The Hall–Kier alpha value is -1.81. The average Bonchev–Trinajstić information content (AvgIpc) is 2.90. The van der Waals surface area contributed by atoms with Crippen LogP contribution in [0.1, 0.15) is 27.9 Å². The second-order valence-electron chi connectivity index (χ2n) is 4.42. The van der Waals surface area contributed by atoms with E-state index in [-0.39, 0.29) is 12.4 Å². The van der Waals surface area contributed by atoms with Gasteiger partial charge in [0.1, 0.15) is 0 Å². The Labute approximate surface area is 123 Å². The number of hydrogen-bond donors (Lipinski definition) is 0. The fourth-order valence-electron chi connectivity index (χ4n) is 1.70. The number of carbonyl (C=O) groups is 1. The van der Waals surface area contributed by atoms with Crippen molar-refractivity contribution in [3.8, 4) is 11.5 Å². The van der Waals surface area contributed by atoms with Gasteiger partial charge in [-0.3, -0.25) is 4.79 Å². The summed E-state index contributed by atoms with van der Waals surface area (Å²) in [7, 11) is 0. The number of ether oxygens (including phenoxy) is 2. The van der Waals surface area contributed by atoms with E-state index in [0.29, 0.717) is 18.1 Å². The van der Waals surface area contributed by atoms with Gasteiger partial charge in [0.15, 0.2) is 18.1 Å². The topological polar surface area (TPSA) is 35.5 Å². The molecule has 0 N–H and O–H groups in total. The molecule has 0 fully saturated rings. The smallest absolute Gasteiger partial charge is 0.210 e. The van der Waals surface area contributed by atoms with Crippen LogP contribution in [-0.2, 0) is 0 Å². The summed E-state index contributed by atoms with van der Waals surface area (Å²) < 4.78 is 11.2. The molecule has 3 nitrogen and oxygen atoms in total. The summed E-state index contributed by atoms with van der Waals surface area (Å²) in [5, 5.41) is 0. The van der Waals surface area contributed by atoms with E-state index in [4.69, 9.17) is 9.47 Å². The maximum Gasteiger partial charge on any atom is 0.210 e. The zero-order valence-corrected chi connectivity index (χ0v) is 12.5. The van der Waals surface area contributed by atoms with Crippen LogP contribution < -0.4 is 9.47 Å². The first-order chi connectivity index (χ1) is 9.70. The fraction of sp³-hybridized carbons (Fsp3) is 0.312. The number of carbonyl (C=O) groups excluding carboxylic acids is 1. The average molecular weight is 290 g/mol. The molecular weight excluding hydrogens is 272 g/mol. The van der Waals surface area contributed by atoms with E-state index in [1.54, 1.807) is 0 Å². The summed E-state index contributed by atoms with van der Waals surface area (Å²) in [5.74, 6) is 1.29. The molecule has 1 aromatic heterocycles. The summed E-state index contributed by atoms with van der Waals surface area (Å²) in [6, 6.07) is 11.2. The maximum absolute atomic E-state index is 12.0. The molecule has 106 valence electrons. The molecule has 20 heavy (non-hydrogen) atoms. The minimum absolute atomic E-state index is 0.00612. The van der Waals surface area contributed by atoms with Crippen molar-refractivity contribution in [2.45, 2.75) is 20.3 Å². The Balaban J connectivity index is 1.98. The second-order valence-corrected chi connectivity index (χ2v) is 5.71. The molecule has 4 heteroatoms. The minimum Gasteiger partial charge on any atom is -0.490 e. The van der Waals surface area contributed by atoms with Crippen LogP contribution in [0.5, 0.6) is 11.5 Å². The van der Waals surface area contributed by atoms with Crippen molar-refractivity contribution in [3.63, 3.8) is 0 Å². The van der Waals surface area contributed by atoms with Crippen molar-refractivity contribution in [3.05, 3.63) is 46.2 Å². The molecular formula is C16H18O3S. The molecule has 0 spiro atoms. The molecule has 2 rings (SSSR count). The van der Waals surface area contributed by atoms with Gasteiger partial charge in [-0.2, -0.15) is 0 Å². The van der Waals surface area contributed by atoms with Gasteiger partial charge in [0.2, 0.25) is 5.78 Å². The summed E-state index contributed by atoms with van der Waals surface area (Å²) in [6.07, 6.45) is 0.932. The van der Waals surface area contributed by atoms with Crippen LogP contribution >= 0.6 is 11.3 Å². The van der Waals surface area contributed by atoms with Crippen molar-refractivity contribution in [2.75, 3.05) is 13.2 Å². The van der Waals surface area contributed by atoms with Crippen LogP contribution in [-0.4, -0.2) is 19.0 Å². The van der Waals surface area contributed by atoms with E-state index in [9.17, 15) is 4.79 Å². The summed E-state index contributed by atoms with van der Waals surface area (Å²) in [5.41, 5.74) is 0. The lowest BCUT2D eigenvalue weighted by molar-refractivity contribution is 0.0923. The molecule has 0 unspecified atom stereocenters. The van der Waals surface area contributed by atoms with Crippen LogP contribution in [0.15, 0.2) is 36.4 Å². The van der Waals surface area contributed by atoms with E-state index >= 15 is 0 Å². The Kier molecular flexibility index (Phi) is 5.18. The SMILES string of the molecule is CCCOc1ccccc1OCC(=O)c1ccc(C)s1. The Morgan fingerprint density at radius 3 is 2.40 bits per heavy atom. The van der Waals surface area contributed by atoms with Gasteiger partial charge in [0.05, 0.1) is 11.5 Å². The largest absolute Gasteiger partial charge is 0.490 e. The van der Waals surface area contributed by atoms with Gasteiger partial charge in [0, 0.05) is 4.88 Å². The molecule has 0 aliphatic carbocycles. The lowest BCUT2D eigenvalue weighted by Crippen LogP contribution is -2.11. The second kappa shape index (κ2) is 7.10. The van der Waals surface area contributed by atoms with Crippen molar-refractivity contribution in [1.82, 2.24) is 0 Å². The summed E-state index contributed by atoms with van der Waals surface area (Å²) in [6.45, 7) is 4.70. The summed E-state index contributed by atoms with van der Waals surface area (Å²) >= 11 is 1.49. The lowest BCUT2D eigenvalue weighted by Gasteiger charge is -2.11. The minimum atomic E-state index is -0.00612. The predicted octanol–water partition coefficient (Wildman–Crippen LogP) is 4.11. The van der Waals surface area contributed by atoms with Gasteiger partial charge < -0.3 is 9.47 Å². The monoisotopic (exact) mass is 290 g/mol. The number of aryl methyl sites for hydroxylation is 1. The van der Waals surface area contributed by atoms with Gasteiger partial charge in [-0.15, -0.1) is 11.3 Å². The number of ketones is 1. The van der Waals surface area contributed by atoms with Gasteiger partial charge in [0.25, 0.3) is 0 Å². The maximum atomic E-state index is 12.0. The fourth-order valence-corrected chi connectivity index (χ4v) is 2.49. The molecule has 0 atom stereocenters. The van der Waals surface area contributed by atoms with E-state index in [1.165, 1.54) is 11.3 Å². The molecule has 0 aliphatic heterocycles. The Bertz CT molecular complexity index is 575. The quantitative estimate of drug-likeness (QED) is 0.720. The zero-order valence-electron chi connectivity index (χ0n) is 11.7. The number of thiophene rings is 1. The van der Waals surface area contributed by atoms with Crippen LogP contribution in [0, 0.1) is 6.92 Å². The molecule has 1 aromatic carbocycles. The van der Waals surface area contributed by atoms with Crippen molar-refractivity contribution in [2.24, 2.45) is 0 Å². The molecule has 0 bridgehead atoms. The van der Waals surface area contributed by atoms with E-state index < -0.39 is 0 Å². The van der Waals surface area contributed by atoms with E-state index in [2.05, 4.69) is 0 Å². The highest BCUT2D eigenvalue weighted by molar-refractivity contribution is 7.14. The highest BCUT2D eigenvalue weighted by Gasteiger charge is 2.11. The van der Waals surface area contributed by atoms with Gasteiger partial charge in [-0.1, -0.05) is 19.1 Å². The number of Topliss-reactive ketones (excluding diaryl/α,β-unsaturated/α-hetero) is 1. The standard InChI is InChI=1S/C16H18O3S/c1-3-10-18-14-6-4-5-7-15(14)19-11-13(17)16-9-8-12(2)20-16/h4-9H,3,10-11H2,1-2H3. The highest BCUT2D eigenvalue weighted by atomic mass is 32.1. The van der Waals surface area contributed by atoms with Crippen LogP contribution in [0.3, 0.4) is 0 Å². The summed E-state index contributed by atoms with van der Waals surface area (Å²) in [4.78, 5) is 13.9. The lowest BCUT2D eigenvalue weighted by atomic mass is 10.3. The molecule has 0 aliphatic rings. The first kappa shape index (κ1) is 14.6. The number of hydrogen-bond acceptors (Lipinski definition) is 4. The molecule has 0 amide bonds. The van der Waals surface area contributed by atoms with E-state index in [0.717, 1.165) is 16.2 Å². The number of para-hydroxylation sites is 2. The third-order valence-electron chi connectivity index (χ3n) is 2.68. The first-order valence-electron chi connectivity index (χ1n) is 6.65. The van der Waals surface area contributed by atoms with Crippen LogP contribution in [0.25, 0.3) is 0 Å². The van der Waals surface area contributed by atoms with Gasteiger partial charge in [-0.25, -0.2) is 0 Å². The predicted molar refractivity (Wildman–Crippen MR) is 81.1 cm³/mol. The molecule has 1 heterocycles. The van der Waals surface area contributed by atoms with Crippen LogP contribution in [0.2, 0.25) is 0 Å². The molecule has 0 saturated carbocycles. The zero-order chi connectivity index (χ0) is 14.4. The number of rotatable bonds is 7. The molecule has 2 aromatic rings. The highest BCUT2D eigenvalue weighted by Crippen LogP contribution is 2.27. The van der Waals surface area contributed by atoms with Crippen molar-refractivity contribution in [1.29, 1.82) is 0 Å². The third kappa shape index (κ3) is 3.84. The van der Waals surface area contributed by atoms with Gasteiger partial charge >= 0.3 is 0 Å². The Morgan fingerprint density at radius 2 is 1.80 bits per heavy atom.